The molecule has 140 valence electrons. The van der Waals surface area contributed by atoms with Gasteiger partial charge in [0.2, 0.25) is 0 Å². The fourth-order valence-corrected chi connectivity index (χ4v) is 3.94. The van der Waals surface area contributed by atoms with Crippen LogP contribution in [0.1, 0.15) is 36.0 Å². The van der Waals surface area contributed by atoms with Crippen molar-refractivity contribution >= 4 is 45.3 Å². The van der Waals surface area contributed by atoms with Gasteiger partial charge in [-0.25, -0.2) is 9.78 Å². The monoisotopic (exact) mass is 397 g/mol. The predicted molar refractivity (Wildman–Crippen MR) is 97.0 cm³/mol. The molecule has 1 aromatic rings. The lowest BCUT2D eigenvalue weighted by atomic mass is 10.2. The van der Waals surface area contributed by atoms with Gasteiger partial charge in [0.1, 0.15) is 5.03 Å². The molecular formula is C16H19N3O5S2. The Kier molecular flexibility index (Phi) is 7.46. The maximum atomic E-state index is 11.8. The Labute approximate surface area is 159 Å². The first-order valence-corrected chi connectivity index (χ1v) is 10.2. The third-order valence-electron chi connectivity index (χ3n) is 3.34. The van der Waals surface area contributed by atoms with Crippen LogP contribution in [0.15, 0.2) is 23.4 Å². The summed E-state index contributed by atoms with van der Waals surface area (Å²) < 4.78 is 0. The van der Waals surface area contributed by atoms with Crippen LogP contribution < -0.4 is 0 Å². The second-order valence-corrected chi connectivity index (χ2v) is 8.07. The highest BCUT2D eigenvalue weighted by molar-refractivity contribution is 8.76. The van der Waals surface area contributed by atoms with Gasteiger partial charge in [-0.3, -0.25) is 14.4 Å². The van der Waals surface area contributed by atoms with Gasteiger partial charge in [0.15, 0.2) is 0 Å². The number of rotatable bonds is 8. The summed E-state index contributed by atoms with van der Waals surface area (Å²) in [5, 5.41) is 1.33. The molecule has 3 amide bonds. The second kappa shape index (κ2) is 9.58. The molecule has 10 heteroatoms. The van der Waals surface area contributed by atoms with Crippen molar-refractivity contribution in [1.29, 1.82) is 0 Å². The zero-order chi connectivity index (χ0) is 19.1. The Bertz CT molecular complexity index is 678. The van der Waals surface area contributed by atoms with Crippen LogP contribution in [-0.2, 0) is 19.2 Å². The van der Waals surface area contributed by atoms with Crippen LogP contribution in [-0.4, -0.2) is 58.5 Å². The van der Waals surface area contributed by atoms with E-state index in [1.54, 1.807) is 26.2 Å². The zero-order valence-electron chi connectivity index (χ0n) is 14.5. The number of pyridine rings is 1. The molecule has 2 rings (SSSR count). The van der Waals surface area contributed by atoms with Gasteiger partial charge < -0.3 is 9.74 Å². The standard InChI is InChI=1S/C16H19N3O5S2/c1-18(2)16(23)11-5-6-12(17-10-11)26-25-9-3-4-15(22)24-19-13(20)7-8-14(19)21/h5-6,10H,3-4,7-9H2,1-2H3. The van der Waals surface area contributed by atoms with Crippen molar-refractivity contribution in [2.24, 2.45) is 0 Å². The summed E-state index contributed by atoms with van der Waals surface area (Å²) in [4.78, 5) is 56.6. The summed E-state index contributed by atoms with van der Waals surface area (Å²) in [6.07, 6.45) is 2.37. The molecule has 8 nitrogen and oxygen atoms in total. The van der Waals surface area contributed by atoms with Crippen LogP contribution in [0.25, 0.3) is 0 Å². The molecule has 1 fully saturated rings. The van der Waals surface area contributed by atoms with Gasteiger partial charge in [-0.1, -0.05) is 10.8 Å². The Morgan fingerprint density at radius 3 is 2.50 bits per heavy atom. The van der Waals surface area contributed by atoms with Crippen LogP contribution in [0.5, 0.6) is 0 Å². The fourth-order valence-electron chi connectivity index (χ4n) is 2.00. The second-order valence-electron chi connectivity index (χ2n) is 5.64. The third kappa shape index (κ3) is 5.73. The summed E-state index contributed by atoms with van der Waals surface area (Å²) in [6.45, 7) is 0. The van der Waals surface area contributed by atoms with E-state index in [2.05, 4.69) is 4.98 Å². The molecule has 0 bridgehead atoms. The zero-order valence-corrected chi connectivity index (χ0v) is 16.1. The Morgan fingerprint density at radius 1 is 1.23 bits per heavy atom. The van der Waals surface area contributed by atoms with Crippen molar-refractivity contribution in [2.45, 2.75) is 30.7 Å². The molecule has 0 atom stereocenters. The maximum absolute atomic E-state index is 11.8. The SMILES string of the molecule is CN(C)C(=O)c1ccc(SSCCCC(=O)ON2C(=O)CCC2=O)nc1. The normalized spacial score (nSPS) is 13.8. The van der Waals surface area contributed by atoms with Crippen LogP contribution in [0, 0.1) is 0 Å². The van der Waals surface area contributed by atoms with Gasteiger partial charge in [0.05, 0.1) is 5.56 Å². The topological polar surface area (TPSA) is 96.9 Å². The summed E-state index contributed by atoms with van der Waals surface area (Å²) in [5.41, 5.74) is 0.526. The summed E-state index contributed by atoms with van der Waals surface area (Å²) in [6, 6.07) is 3.49. The number of hydroxylamine groups is 2. The number of carbonyl (C=O) groups excluding carboxylic acids is 4. The fraction of sp³-hybridized carbons (Fsp3) is 0.438. The molecule has 0 spiro atoms. The molecule has 0 unspecified atom stereocenters. The first-order chi connectivity index (χ1) is 12.4. The third-order valence-corrected chi connectivity index (χ3v) is 5.69. The van der Waals surface area contributed by atoms with E-state index < -0.39 is 17.8 Å². The quantitative estimate of drug-likeness (QED) is 0.373. The first-order valence-electron chi connectivity index (χ1n) is 7.92. The van der Waals surface area contributed by atoms with Gasteiger partial charge in [0, 0.05) is 45.3 Å². The Balaban J connectivity index is 1.64. The van der Waals surface area contributed by atoms with E-state index in [0.29, 0.717) is 22.8 Å². The number of imide groups is 1. The molecule has 26 heavy (non-hydrogen) atoms. The van der Waals surface area contributed by atoms with Crippen molar-refractivity contribution < 1.29 is 24.0 Å². The van der Waals surface area contributed by atoms with Gasteiger partial charge >= 0.3 is 5.97 Å². The molecule has 0 saturated carbocycles. The van der Waals surface area contributed by atoms with E-state index >= 15 is 0 Å². The van der Waals surface area contributed by atoms with Crippen LogP contribution in [0.2, 0.25) is 0 Å². The summed E-state index contributed by atoms with van der Waals surface area (Å²) >= 11 is 0. The molecule has 0 aliphatic carbocycles. The van der Waals surface area contributed by atoms with E-state index in [9.17, 15) is 19.2 Å². The summed E-state index contributed by atoms with van der Waals surface area (Å²) in [5.74, 6) is -0.980. The molecule has 2 heterocycles. The minimum atomic E-state index is -0.594. The molecular weight excluding hydrogens is 378 g/mol. The molecule has 1 saturated heterocycles. The summed E-state index contributed by atoms with van der Waals surface area (Å²) in [7, 11) is 6.32. The van der Waals surface area contributed by atoms with Crippen molar-refractivity contribution in [3.63, 3.8) is 0 Å². The van der Waals surface area contributed by atoms with Gasteiger partial charge in [0.25, 0.3) is 17.7 Å². The number of hydrogen-bond donors (Lipinski definition) is 0. The molecule has 0 aromatic carbocycles. The largest absolute Gasteiger partial charge is 0.345 e. The van der Waals surface area contributed by atoms with Gasteiger partial charge in [-0.05, 0) is 29.3 Å². The van der Waals surface area contributed by atoms with E-state index in [-0.39, 0.29) is 25.2 Å². The van der Waals surface area contributed by atoms with Gasteiger partial charge in [-0.15, -0.1) is 5.06 Å². The maximum Gasteiger partial charge on any atom is 0.333 e. The van der Waals surface area contributed by atoms with E-state index in [0.717, 1.165) is 5.03 Å². The minimum Gasteiger partial charge on any atom is -0.345 e. The minimum absolute atomic E-state index is 0.0878. The number of nitrogens with zero attached hydrogens (tertiary/aromatic N) is 3. The van der Waals surface area contributed by atoms with Crippen LogP contribution in [0.3, 0.4) is 0 Å². The predicted octanol–water partition coefficient (Wildman–Crippen LogP) is 1.91. The first kappa shape index (κ1) is 20.2. The molecule has 0 N–H and O–H groups in total. The average Bonchev–Trinajstić information content (AvgIpc) is 2.93. The van der Waals surface area contributed by atoms with Crippen molar-refractivity contribution in [3.05, 3.63) is 23.9 Å². The van der Waals surface area contributed by atoms with Crippen LogP contribution >= 0.6 is 21.6 Å². The van der Waals surface area contributed by atoms with Crippen molar-refractivity contribution in [3.8, 4) is 0 Å². The molecule has 1 aliphatic rings. The number of aromatic nitrogens is 1. The molecule has 1 aromatic heterocycles. The van der Waals surface area contributed by atoms with E-state index in [4.69, 9.17) is 4.84 Å². The number of hydrogen-bond acceptors (Lipinski definition) is 8. The van der Waals surface area contributed by atoms with Crippen molar-refractivity contribution in [2.75, 3.05) is 19.8 Å². The lowest BCUT2D eigenvalue weighted by Crippen LogP contribution is -2.31. The molecule has 1 aliphatic heterocycles. The van der Waals surface area contributed by atoms with E-state index in [1.807, 2.05) is 0 Å². The smallest absolute Gasteiger partial charge is 0.333 e. The lowest BCUT2D eigenvalue weighted by Gasteiger charge is -2.12. The highest BCUT2D eigenvalue weighted by Gasteiger charge is 2.32. The van der Waals surface area contributed by atoms with E-state index in [1.165, 1.54) is 32.7 Å². The average molecular weight is 397 g/mol. The number of amides is 3. The highest BCUT2D eigenvalue weighted by atomic mass is 33.1. The van der Waals surface area contributed by atoms with Gasteiger partial charge in [-0.2, -0.15) is 0 Å². The number of carbonyl (C=O) groups is 4. The Morgan fingerprint density at radius 2 is 1.92 bits per heavy atom. The Hall–Kier alpha value is -2.07. The van der Waals surface area contributed by atoms with Crippen LogP contribution in [0.4, 0.5) is 0 Å². The lowest BCUT2D eigenvalue weighted by molar-refractivity contribution is -0.197. The highest BCUT2D eigenvalue weighted by Crippen LogP contribution is 2.30. The van der Waals surface area contributed by atoms with Crippen molar-refractivity contribution in [1.82, 2.24) is 14.9 Å². The molecule has 0 radical (unpaired) electrons.